The number of fused-ring (bicyclic) bond motifs is 1. The molecule has 1 unspecified atom stereocenters. The van der Waals surface area contributed by atoms with Crippen molar-refractivity contribution >= 4 is 34.2 Å². The topological polar surface area (TPSA) is 58.1 Å². The Morgan fingerprint density at radius 1 is 1.03 bits per heavy atom. The standard InChI is InChI=1S/C29H30ClFN4O/c1-3-20(2)32-27(36)16-18-35(17-15-21-7-5-4-6-8-21)29-25-14-11-23(30)19-26(25)33-28(34-29)22-9-12-24(31)13-10-22/h4-14,19-20H,3,15-18H2,1-2H3,(H,32,36). The van der Waals surface area contributed by atoms with E-state index in [-0.39, 0.29) is 17.8 Å². The van der Waals surface area contributed by atoms with Gasteiger partial charge in [-0.05, 0) is 67.8 Å². The van der Waals surface area contributed by atoms with E-state index in [1.54, 1.807) is 18.2 Å². The number of carbonyl (C=O) groups is 1. The minimum Gasteiger partial charge on any atom is -0.355 e. The van der Waals surface area contributed by atoms with Gasteiger partial charge in [0.1, 0.15) is 11.6 Å². The van der Waals surface area contributed by atoms with Crippen molar-refractivity contribution in [2.75, 3.05) is 18.0 Å². The first-order valence-corrected chi connectivity index (χ1v) is 12.6. The van der Waals surface area contributed by atoms with Gasteiger partial charge in [0.15, 0.2) is 5.82 Å². The first-order valence-electron chi connectivity index (χ1n) is 12.2. The van der Waals surface area contributed by atoms with E-state index in [9.17, 15) is 9.18 Å². The van der Waals surface area contributed by atoms with Crippen LogP contribution in [0.1, 0.15) is 32.3 Å². The Kier molecular flexibility index (Phi) is 8.49. The quantitative estimate of drug-likeness (QED) is 0.270. The number of rotatable bonds is 10. The zero-order chi connectivity index (χ0) is 25.5. The Hall–Kier alpha value is -3.51. The van der Waals surface area contributed by atoms with Gasteiger partial charge in [0.25, 0.3) is 0 Å². The van der Waals surface area contributed by atoms with Crippen LogP contribution < -0.4 is 10.2 Å². The lowest BCUT2D eigenvalue weighted by Crippen LogP contribution is -2.36. The molecular weight excluding hydrogens is 475 g/mol. The van der Waals surface area contributed by atoms with Gasteiger partial charge >= 0.3 is 0 Å². The van der Waals surface area contributed by atoms with E-state index in [0.717, 1.165) is 24.0 Å². The zero-order valence-electron chi connectivity index (χ0n) is 20.5. The van der Waals surface area contributed by atoms with E-state index in [0.29, 0.717) is 41.4 Å². The van der Waals surface area contributed by atoms with Crippen molar-refractivity contribution in [2.45, 2.75) is 39.2 Å². The third-order valence-electron chi connectivity index (χ3n) is 6.18. The molecule has 1 aromatic heterocycles. The molecule has 1 heterocycles. The van der Waals surface area contributed by atoms with Crippen LogP contribution in [0.5, 0.6) is 0 Å². The highest BCUT2D eigenvalue weighted by Gasteiger charge is 2.18. The van der Waals surface area contributed by atoms with Crippen LogP contribution in [0.25, 0.3) is 22.3 Å². The largest absolute Gasteiger partial charge is 0.355 e. The van der Waals surface area contributed by atoms with Gasteiger partial charge in [-0.2, -0.15) is 0 Å². The maximum atomic E-state index is 13.6. The summed E-state index contributed by atoms with van der Waals surface area (Å²) in [5, 5.41) is 4.46. The maximum Gasteiger partial charge on any atom is 0.221 e. The summed E-state index contributed by atoms with van der Waals surface area (Å²) in [5.74, 6) is 0.894. The summed E-state index contributed by atoms with van der Waals surface area (Å²) >= 11 is 6.30. The van der Waals surface area contributed by atoms with Crippen LogP contribution in [-0.4, -0.2) is 35.0 Å². The fraction of sp³-hybridized carbons (Fsp3) is 0.276. The third kappa shape index (κ3) is 6.58. The molecule has 4 rings (SSSR count). The van der Waals surface area contributed by atoms with Crippen LogP contribution in [0, 0.1) is 5.82 Å². The van der Waals surface area contributed by atoms with Crippen LogP contribution in [0.15, 0.2) is 72.8 Å². The predicted octanol–water partition coefficient (Wildman–Crippen LogP) is 6.44. The molecule has 5 nitrogen and oxygen atoms in total. The summed E-state index contributed by atoms with van der Waals surface area (Å²) in [5.41, 5.74) is 2.60. The molecule has 4 aromatic rings. The molecule has 0 radical (unpaired) electrons. The van der Waals surface area contributed by atoms with Crippen LogP contribution in [0.2, 0.25) is 5.02 Å². The summed E-state index contributed by atoms with van der Waals surface area (Å²) in [6.45, 7) is 5.21. The zero-order valence-corrected chi connectivity index (χ0v) is 21.3. The van der Waals surface area contributed by atoms with Gasteiger partial charge in [-0.15, -0.1) is 0 Å². The van der Waals surface area contributed by atoms with Crippen molar-refractivity contribution in [3.8, 4) is 11.4 Å². The van der Waals surface area contributed by atoms with E-state index >= 15 is 0 Å². The van der Waals surface area contributed by atoms with Gasteiger partial charge in [-0.25, -0.2) is 14.4 Å². The fourth-order valence-corrected chi connectivity index (χ4v) is 4.14. The molecule has 1 atom stereocenters. The summed E-state index contributed by atoms with van der Waals surface area (Å²) < 4.78 is 13.6. The van der Waals surface area contributed by atoms with Crippen molar-refractivity contribution in [3.63, 3.8) is 0 Å². The van der Waals surface area contributed by atoms with Crippen LogP contribution in [0.4, 0.5) is 10.2 Å². The first kappa shape index (κ1) is 25.6. The van der Waals surface area contributed by atoms with Crippen LogP contribution >= 0.6 is 11.6 Å². The molecule has 0 saturated carbocycles. The molecule has 0 fully saturated rings. The Labute approximate surface area is 216 Å². The maximum absolute atomic E-state index is 13.6. The Morgan fingerprint density at radius 3 is 2.50 bits per heavy atom. The molecule has 0 spiro atoms. The molecule has 0 aliphatic carbocycles. The van der Waals surface area contributed by atoms with Gasteiger partial charge in [-0.3, -0.25) is 4.79 Å². The first-order chi connectivity index (χ1) is 17.4. The summed E-state index contributed by atoms with van der Waals surface area (Å²) in [7, 11) is 0. The summed E-state index contributed by atoms with van der Waals surface area (Å²) in [6, 6.07) is 22.0. The van der Waals surface area contributed by atoms with E-state index in [4.69, 9.17) is 21.6 Å². The number of nitrogens with zero attached hydrogens (tertiary/aromatic N) is 3. The smallest absolute Gasteiger partial charge is 0.221 e. The Bertz CT molecular complexity index is 1310. The molecule has 1 amide bonds. The van der Waals surface area contributed by atoms with Gasteiger partial charge < -0.3 is 10.2 Å². The Balaban J connectivity index is 1.72. The molecule has 0 aliphatic heterocycles. The highest BCUT2D eigenvalue weighted by molar-refractivity contribution is 6.31. The molecule has 3 aromatic carbocycles. The number of amides is 1. The number of anilines is 1. The molecule has 186 valence electrons. The molecule has 0 bridgehead atoms. The molecule has 7 heteroatoms. The van der Waals surface area contributed by atoms with Crippen molar-refractivity contribution in [1.29, 1.82) is 0 Å². The predicted molar refractivity (Wildman–Crippen MR) is 145 cm³/mol. The SMILES string of the molecule is CCC(C)NC(=O)CCN(CCc1ccccc1)c1nc(-c2ccc(F)cc2)nc2cc(Cl)ccc12. The van der Waals surface area contributed by atoms with Crippen molar-refractivity contribution < 1.29 is 9.18 Å². The molecule has 0 aliphatic rings. The second kappa shape index (κ2) is 12.0. The molecule has 0 saturated heterocycles. The van der Waals surface area contributed by atoms with Gasteiger partial charge in [-0.1, -0.05) is 48.9 Å². The third-order valence-corrected chi connectivity index (χ3v) is 6.42. The number of hydrogen-bond acceptors (Lipinski definition) is 4. The van der Waals surface area contributed by atoms with Crippen molar-refractivity contribution in [2.24, 2.45) is 0 Å². The number of benzene rings is 3. The average Bonchev–Trinajstić information content (AvgIpc) is 2.89. The lowest BCUT2D eigenvalue weighted by Gasteiger charge is -2.26. The number of hydrogen-bond donors (Lipinski definition) is 1. The van der Waals surface area contributed by atoms with Crippen LogP contribution in [-0.2, 0) is 11.2 Å². The number of nitrogens with one attached hydrogen (secondary N) is 1. The average molecular weight is 505 g/mol. The number of aromatic nitrogens is 2. The van der Waals surface area contributed by atoms with Gasteiger partial charge in [0.05, 0.1) is 5.52 Å². The minimum absolute atomic E-state index is 0.00854. The number of carbonyl (C=O) groups excluding carboxylic acids is 1. The monoisotopic (exact) mass is 504 g/mol. The Morgan fingerprint density at radius 2 is 1.78 bits per heavy atom. The number of halogens is 2. The van der Waals surface area contributed by atoms with E-state index in [1.807, 2.05) is 44.2 Å². The van der Waals surface area contributed by atoms with Gasteiger partial charge in [0, 0.05) is 41.5 Å². The van der Waals surface area contributed by atoms with E-state index in [1.165, 1.54) is 17.7 Å². The lowest BCUT2D eigenvalue weighted by atomic mass is 10.1. The van der Waals surface area contributed by atoms with Crippen LogP contribution in [0.3, 0.4) is 0 Å². The molecule has 36 heavy (non-hydrogen) atoms. The van der Waals surface area contributed by atoms with E-state index < -0.39 is 0 Å². The lowest BCUT2D eigenvalue weighted by molar-refractivity contribution is -0.121. The van der Waals surface area contributed by atoms with E-state index in [2.05, 4.69) is 22.3 Å². The van der Waals surface area contributed by atoms with Crippen molar-refractivity contribution in [3.05, 3.63) is 89.2 Å². The minimum atomic E-state index is -0.320. The molecular formula is C29H30ClFN4O. The second-order valence-corrected chi connectivity index (χ2v) is 9.33. The fourth-order valence-electron chi connectivity index (χ4n) is 3.97. The summed E-state index contributed by atoms with van der Waals surface area (Å²) in [4.78, 5) is 24.4. The van der Waals surface area contributed by atoms with Crippen molar-refractivity contribution in [1.82, 2.24) is 15.3 Å². The molecule has 1 N–H and O–H groups in total. The summed E-state index contributed by atoms with van der Waals surface area (Å²) in [6.07, 6.45) is 2.00. The van der Waals surface area contributed by atoms with Gasteiger partial charge in [0.2, 0.25) is 5.91 Å². The highest BCUT2D eigenvalue weighted by atomic mass is 35.5. The highest BCUT2D eigenvalue weighted by Crippen LogP contribution is 2.30. The normalized spacial score (nSPS) is 11.9. The second-order valence-electron chi connectivity index (χ2n) is 8.89.